The van der Waals surface area contributed by atoms with Crippen LogP contribution in [0.2, 0.25) is 0 Å². The summed E-state index contributed by atoms with van der Waals surface area (Å²) in [7, 11) is 0. The van der Waals surface area contributed by atoms with Gasteiger partial charge < -0.3 is 10.6 Å². The Hall–Kier alpha value is -3.54. The van der Waals surface area contributed by atoms with Crippen LogP contribution in [0.4, 0.5) is 15.8 Å². The number of benzene rings is 2. The van der Waals surface area contributed by atoms with Crippen LogP contribution in [0.3, 0.4) is 0 Å². The predicted molar refractivity (Wildman–Crippen MR) is 107 cm³/mol. The molecule has 0 unspecified atom stereocenters. The summed E-state index contributed by atoms with van der Waals surface area (Å²) in [5, 5.41) is 5.35. The highest BCUT2D eigenvalue weighted by Gasteiger charge is 2.15. The molecule has 0 saturated heterocycles. The molecule has 0 fully saturated rings. The van der Waals surface area contributed by atoms with Crippen LogP contribution in [-0.4, -0.2) is 16.8 Å². The molecule has 1 heterocycles. The van der Waals surface area contributed by atoms with Gasteiger partial charge in [-0.1, -0.05) is 29.8 Å². The van der Waals surface area contributed by atoms with Crippen LogP contribution >= 0.6 is 0 Å². The Morgan fingerprint density at radius 3 is 2.25 bits per heavy atom. The zero-order chi connectivity index (χ0) is 20.3. The van der Waals surface area contributed by atoms with E-state index < -0.39 is 11.7 Å². The van der Waals surface area contributed by atoms with Crippen molar-refractivity contribution in [2.75, 3.05) is 10.6 Å². The van der Waals surface area contributed by atoms with Gasteiger partial charge in [0.2, 0.25) is 0 Å². The molecular formula is C22H20FN3O2. The molecule has 3 rings (SSSR count). The van der Waals surface area contributed by atoms with Gasteiger partial charge in [0.1, 0.15) is 11.5 Å². The number of halogens is 1. The van der Waals surface area contributed by atoms with Crippen LogP contribution in [0.1, 0.15) is 37.5 Å². The van der Waals surface area contributed by atoms with Crippen molar-refractivity contribution in [1.82, 2.24) is 4.98 Å². The Kier molecular flexibility index (Phi) is 5.49. The third-order valence-electron chi connectivity index (χ3n) is 4.29. The number of aromatic nitrogens is 1. The SMILES string of the molecule is Cc1cc(C)c(NC(=O)c2ccnc(C(=O)Nc3ccccc3F)c2)c(C)c1. The van der Waals surface area contributed by atoms with E-state index in [0.29, 0.717) is 0 Å². The van der Waals surface area contributed by atoms with Crippen molar-refractivity contribution in [3.05, 3.63) is 88.5 Å². The van der Waals surface area contributed by atoms with Crippen LogP contribution in [0, 0.1) is 26.6 Å². The van der Waals surface area contributed by atoms with Crippen LogP contribution in [0.15, 0.2) is 54.7 Å². The van der Waals surface area contributed by atoms with Crippen molar-refractivity contribution >= 4 is 23.2 Å². The van der Waals surface area contributed by atoms with E-state index in [9.17, 15) is 14.0 Å². The van der Waals surface area contributed by atoms with Gasteiger partial charge >= 0.3 is 0 Å². The summed E-state index contributed by atoms with van der Waals surface area (Å²) in [6.45, 7) is 5.85. The summed E-state index contributed by atoms with van der Waals surface area (Å²) in [6.07, 6.45) is 1.38. The van der Waals surface area contributed by atoms with Crippen molar-refractivity contribution in [3.63, 3.8) is 0 Å². The molecule has 0 aliphatic carbocycles. The maximum absolute atomic E-state index is 13.7. The van der Waals surface area contributed by atoms with Gasteiger partial charge in [0.05, 0.1) is 5.69 Å². The summed E-state index contributed by atoms with van der Waals surface area (Å²) in [5.41, 5.74) is 4.13. The van der Waals surface area contributed by atoms with Crippen molar-refractivity contribution in [2.24, 2.45) is 0 Å². The molecule has 0 radical (unpaired) electrons. The maximum atomic E-state index is 13.7. The molecule has 0 aliphatic rings. The van der Waals surface area contributed by atoms with Crippen molar-refractivity contribution in [1.29, 1.82) is 0 Å². The second-order valence-corrected chi connectivity index (χ2v) is 6.59. The van der Waals surface area contributed by atoms with Gasteiger partial charge in [-0.25, -0.2) is 4.39 Å². The first-order chi connectivity index (χ1) is 13.3. The van der Waals surface area contributed by atoms with Gasteiger partial charge in [0, 0.05) is 17.4 Å². The molecule has 0 spiro atoms. The number of carbonyl (C=O) groups is 2. The Balaban J connectivity index is 1.80. The molecular weight excluding hydrogens is 357 g/mol. The fourth-order valence-electron chi connectivity index (χ4n) is 3.01. The topological polar surface area (TPSA) is 71.1 Å². The third kappa shape index (κ3) is 4.23. The fourth-order valence-corrected chi connectivity index (χ4v) is 3.01. The first-order valence-electron chi connectivity index (χ1n) is 8.76. The first-order valence-corrected chi connectivity index (χ1v) is 8.76. The lowest BCUT2D eigenvalue weighted by Crippen LogP contribution is -2.18. The summed E-state index contributed by atoms with van der Waals surface area (Å²) in [6, 6.07) is 12.7. The molecule has 0 aliphatic heterocycles. The largest absolute Gasteiger partial charge is 0.322 e. The van der Waals surface area contributed by atoms with Crippen molar-refractivity contribution < 1.29 is 14.0 Å². The van der Waals surface area contributed by atoms with E-state index in [-0.39, 0.29) is 22.9 Å². The number of anilines is 2. The lowest BCUT2D eigenvalue weighted by atomic mass is 10.0. The summed E-state index contributed by atoms with van der Waals surface area (Å²) < 4.78 is 13.7. The molecule has 6 heteroatoms. The molecule has 2 aromatic carbocycles. The van der Waals surface area contributed by atoms with E-state index >= 15 is 0 Å². The number of rotatable bonds is 4. The Morgan fingerprint density at radius 2 is 1.57 bits per heavy atom. The molecule has 2 amide bonds. The van der Waals surface area contributed by atoms with Gasteiger partial charge in [-0.2, -0.15) is 0 Å². The van der Waals surface area contributed by atoms with E-state index in [1.807, 2.05) is 32.9 Å². The molecule has 2 N–H and O–H groups in total. The molecule has 0 atom stereocenters. The number of nitrogens with zero attached hydrogens (tertiary/aromatic N) is 1. The minimum Gasteiger partial charge on any atom is -0.322 e. The van der Waals surface area contributed by atoms with Gasteiger partial charge in [-0.05, 0) is 56.2 Å². The Labute approximate surface area is 162 Å². The summed E-state index contributed by atoms with van der Waals surface area (Å²) in [5.74, 6) is -1.49. The van der Waals surface area contributed by atoms with Crippen LogP contribution in [0.25, 0.3) is 0 Å². The Morgan fingerprint density at radius 1 is 0.893 bits per heavy atom. The smallest absolute Gasteiger partial charge is 0.274 e. The lowest BCUT2D eigenvalue weighted by Gasteiger charge is -2.13. The highest BCUT2D eigenvalue weighted by Crippen LogP contribution is 2.23. The van der Waals surface area contributed by atoms with Gasteiger partial charge in [0.25, 0.3) is 11.8 Å². The molecule has 142 valence electrons. The zero-order valence-electron chi connectivity index (χ0n) is 15.8. The number of nitrogens with one attached hydrogen (secondary N) is 2. The van der Waals surface area contributed by atoms with Crippen molar-refractivity contribution in [3.8, 4) is 0 Å². The monoisotopic (exact) mass is 377 g/mol. The fraction of sp³-hybridized carbons (Fsp3) is 0.136. The number of hydrogen-bond donors (Lipinski definition) is 2. The van der Waals surface area contributed by atoms with Gasteiger partial charge in [-0.15, -0.1) is 0 Å². The first kappa shape index (κ1) is 19.2. The molecule has 5 nitrogen and oxygen atoms in total. The van der Waals surface area contributed by atoms with Crippen LogP contribution < -0.4 is 10.6 Å². The highest BCUT2D eigenvalue weighted by molar-refractivity contribution is 6.08. The van der Waals surface area contributed by atoms with E-state index in [4.69, 9.17) is 0 Å². The second-order valence-electron chi connectivity index (χ2n) is 6.59. The number of pyridine rings is 1. The number of carbonyl (C=O) groups excluding carboxylic acids is 2. The van der Waals surface area contributed by atoms with Crippen molar-refractivity contribution in [2.45, 2.75) is 20.8 Å². The molecule has 3 aromatic rings. The zero-order valence-corrected chi connectivity index (χ0v) is 15.8. The number of amides is 2. The quantitative estimate of drug-likeness (QED) is 0.695. The summed E-state index contributed by atoms with van der Waals surface area (Å²) in [4.78, 5) is 29.0. The molecule has 0 bridgehead atoms. The summed E-state index contributed by atoms with van der Waals surface area (Å²) >= 11 is 0. The van der Waals surface area contributed by atoms with E-state index in [1.54, 1.807) is 6.07 Å². The second kappa shape index (κ2) is 8.00. The predicted octanol–water partition coefficient (Wildman–Crippen LogP) is 4.65. The lowest BCUT2D eigenvalue weighted by molar-refractivity contribution is 0.102. The number of aryl methyl sites for hydroxylation is 3. The highest BCUT2D eigenvalue weighted by atomic mass is 19.1. The number of hydrogen-bond acceptors (Lipinski definition) is 3. The molecule has 28 heavy (non-hydrogen) atoms. The molecule has 0 saturated carbocycles. The maximum Gasteiger partial charge on any atom is 0.274 e. The average molecular weight is 377 g/mol. The number of para-hydroxylation sites is 1. The van der Waals surface area contributed by atoms with E-state index in [0.717, 1.165) is 22.4 Å². The minimum absolute atomic E-state index is 0.0215. The van der Waals surface area contributed by atoms with E-state index in [2.05, 4.69) is 15.6 Å². The Bertz CT molecular complexity index is 1040. The third-order valence-corrected chi connectivity index (χ3v) is 4.29. The molecule has 1 aromatic heterocycles. The standard InChI is InChI=1S/C22H20FN3O2/c1-13-10-14(2)20(15(3)11-13)26-21(27)16-8-9-24-19(12-16)22(28)25-18-7-5-4-6-17(18)23/h4-12H,1-3H3,(H,25,28)(H,26,27). The van der Waals surface area contributed by atoms with Gasteiger partial charge in [-0.3, -0.25) is 14.6 Å². The van der Waals surface area contributed by atoms with Crippen LogP contribution in [0.5, 0.6) is 0 Å². The average Bonchev–Trinajstić information content (AvgIpc) is 2.66. The van der Waals surface area contributed by atoms with E-state index in [1.165, 1.54) is 36.5 Å². The van der Waals surface area contributed by atoms with Crippen LogP contribution in [-0.2, 0) is 0 Å². The minimum atomic E-state index is -0.595. The van der Waals surface area contributed by atoms with Gasteiger partial charge in [0.15, 0.2) is 0 Å². The normalized spacial score (nSPS) is 10.4.